The van der Waals surface area contributed by atoms with Gasteiger partial charge in [-0.2, -0.15) is 24.4 Å². The van der Waals surface area contributed by atoms with Crippen LogP contribution >= 0.6 is 24.4 Å². The zero-order chi connectivity index (χ0) is 66.2. The second kappa shape index (κ2) is 39.8. The lowest BCUT2D eigenvalue weighted by atomic mass is 9.98. The number of imidazole rings is 1. The topological polar surface area (TPSA) is 504 Å². The molecule has 0 bridgehead atoms. The molecule has 0 aliphatic carbocycles. The van der Waals surface area contributed by atoms with Crippen LogP contribution in [0.1, 0.15) is 97.2 Å². The summed E-state index contributed by atoms with van der Waals surface area (Å²) in [4.78, 5) is 179. The number of aromatic nitrogens is 2. The van der Waals surface area contributed by atoms with Crippen molar-refractivity contribution in [3.8, 4) is 0 Å². The van der Waals surface area contributed by atoms with E-state index in [2.05, 4.69) is 75.8 Å². The van der Waals surface area contributed by atoms with E-state index in [-0.39, 0.29) is 50.3 Å². The Morgan fingerprint density at radius 3 is 1.66 bits per heavy atom. The maximum atomic E-state index is 14.4. The van der Waals surface area contributed by atoms with E-state index in [1.807, 2.05) is 0 Å². The van der Waals surface area contributed by atoms with Crippen molar-refractivity contribution < 1.29 is 82.8 Å². The molecule has 1 aromatic heterocycles. The normalized spacial score (nSPS) is 14.9. The number of hydrogen-bond donors (Lipinski definition) is 18. The Bertz CT molecular complexity index is 2650. The largest absolute Gasteiger partial charge is 0.481 e. The number of aliphatic hydroxyl groups excluding tert-OH is 1. The summed E-state index contributed by atoms with van der Waals surface area (Å²) in [5.74, 6) is -14.3. The first-order valence-electron chi connectivity index (χ1n) is 28.4. The van der Waals surface area contributed by atoms with Gasteiger partial charge >= 0.3 is 17.9 Å². The van der Waals surface area contributed by atoms with Crippen LogP contribution in [-0.2, 0) is 75.2 Å². The summed E-state index contributed by atoms with van der Waals surface area (Å²) in [7, 11) is 0. The van der Waals surface area contributed by atoms with E-state index < -0.39 is 175 Å². The molecule has 33 heteroatoms. The molecule has 0 unspecified atom stereocenters. The number of aliphatic hydroxyl groups is 1. The number of rotatable bonds is 42. The Morgan fingerprint density at radius 1 is 0.602 bits per heavy atom. The molecule has 0 spiro atoms. The molecule has 10 amide bonds. The number of carboxylic acid groups (broad SMARTS) is 3. The number of thiol groups is 1. The van der Waals surface area contributed by atoms with Crippen LogP contribution in [0, 0.1) is 11.8 Å². The highest BCUT2D eigenvalue weighted by Crippen LogP contribution is 2.13. The minimum absolute atomic E-state index is 0.00426. The molecule has 11 atom stereocenters. The minimum Gasteiger partial charge on any atom is -0.481 e. The Balaban J connectivity index is 2.42. The van der Waals surface area contributed by atoms with Crippen molar-refractivity contribution in [1.29, 1.82) is 0 Å². The van der Waals surface area contributed by atoms with Crippen LogP contribution in [0.4, 0.5) is 0 Å². The first-order valence-corrected chi connectivity index (χ1v) is 30.5. The SMILES string of the molecule is CSCC[C@H](NC(=O)CNC(=O)[C@H](Cc1ccccc1)NC(=O)[C@H](CCCCN)NC(=O)[C@H](CC(C)C)NC(=O)[C@@H](NC(=O)[C@H](Cc1cnc[nH]1)NC(=O)[C@H](CCC(=O)O)NC(=O)[C@@H](N)CC(=O)O)C(C)C)C(=O)N[C@H](C(=O)N[C@@H](CS)C(=O)O)[C@@H](C)O. The molecule has 1 heterocycles. The Kier molecular flexibility index (Phi) is 34.5. The smallest absolute Gasteiger partial charge is 0.327 e. The quantitative estimate of drug-likeness (QED) is 0.0225. The number of aliphatic carboxylic acids is 3. The number of nitrogens with two attached hydrogens (primary N) is 2. The second-order valence-corrected chi connectivity index (χ2v) is 22.8. The van der Waals surface area contributed by atoms with E-state index in [9.17, 15) is 77.6 Å². The summed E-state index contributed by atoms with van der Waals surface area (Å²) < 4.78 is 0. The first-order chi connectivity index (χ1) is 41.5. The van der Waals surface area contributed by atoms with Crippen molar-refractivity contribution in [1.82, 2.24) is 63.1 Å². The van der Waals surface area contributed by atoms with Crippen molar-refractivity contribution in [2.24, 2.45) is 23.3 Å². The zero-order valence-electron chi connectivity index (χ0n) is 50.0. The van der Waals surface area contributed by atoms with E-state index in [4.69, 9.17) is 16.6 Å². The Hall–Kier alpha value is -7.88. The number of carbonyl (C=O) groups is 13. The molecule has 0 fully saturated rings. The highest BCUT2D eigenvalue weighted by molar-refractivity contribution is 7.98. The number of nitrogens with zero attached hydrogens (tertiary/aromatic N) is 1. The fourth-order valence-electron chi connectivity index (χ4n) is 8.46. The molecule has 0 aliphatic heterocycles. The van der Waals surface area contributed by atoms with Gasteiger partial charge in [0.15, 0.2) is 0 Å². The lowest BCUT2D eigenvalue weighted by Gasteiger charge is -2.29. The van der Waals surface area contributed by atoms with Crippen molar-refractivity contribution >= 4 is 101 Å². The number of carbonyl (C=O) groups excluding carboxylic acids is 10. The molecule has 31 nitrogen and oxygen atoms in total. The predicted molar refractivity (Wildman–Crippen MR) is 323 cm³/mol. The predicted octanol–water partition coefficient (Wildman–Crippen LogP) is -3.68. The monoisotopic (exact) mass is 1280 g/mol. The van der Waals surface area contributed by atoms with Gasteiger partial charge in [0, 0.05) is 36.9 Å². The van der Waals surface area contributed by atoms with Crippen LogP contribution in [-0.4, -0.2) is 205 Å². The number of carboxylic acids is 3. The fraction of sp³-hybridized carbons (Fsp3) is 0.600. The van der Waals surface area contributed by atoms with E-state index in [0.717, 1.165) is 0 Å². The van der Waals surface area contributed by atoms with Crippen LogP contribution in [0.5, 0.6) is 0 Å². The summed E-state index contributed by atoms with van der Waals surface area (Å²) in [5.41, 5.74) is 12.4. The molecular formula is C55H86N14O17S2. The van der Waals surface area contributed by atoms with Gasteiger partial charge in [0.25, 0.3) is 0 Å². The number of unbranched alkanes of at least 4 members (excludes halogenated alkanes) is 1. The summed E-state index contributed by atoms with van der Waals surface area (Å²) in [5, 5.41) is 63.2. The number of H-pyrrole nitrogens is 1. The number of benzene rings is 1. The Labute approximate surface area is 518 Å². The van der Waals surface area contributed by atoms with E-state index in [1.54, 1.807) is 64.3 Å². The summed E-state index contributed by atoms with van der Waals surface area (Å²) in [6.45, 7) is 7.39. The molecule has 2 aromatic rings. The van der Waals surface area contributed by atoms with Crippen molar-refractivity contribution in [2.75, 3.05) is 30.9 Å². The van der Waals surface area contributed by atoms with Crippen molar-refractivity contribution in [3.63, 3.8) is 0 Å². The van der Waals surface area contributed by atoms with E-state index in [1.165, 1.54) is 31.2 Å². The van der Waals surface area contributed by atoms with Gasteiger partial charge in [-0.1, -0.05) is 58.0 Å². The molecular weight excluding hydrogens is 1190 g/mol. The van der Waals surface area contributed by atoms with Gasteiger partial charge in [-0.25, -0.2) is 9.78 Å². The standard InChI is InChI=1S/C55H86N14O17S2/c1-28(2)20-37(66-53(83)44(29(3)4)68-52(82)39(22-32-24-58-27-60-32)65-49(79)35(15-16-42(72)73)62-46(76)33(57)23-43(74)75)51(81)63-34(14-10-11-18-56)48(78)64-38(21-31-12-8-7-9-13-31)47(77)59-25-41(71)61-36(17-19-88-6)50(80)69-45(30(5)70)54(84)67-40(26-87)55(85)86/h7-9,12-13,24,27-30,33-40,44-45,70,87H,10-11,14-23,25-26,56-57H2,1-6H3,(H,58,60)(H,59,77)(H,61,71)(H,62,76)(H,63,81)(H,64,78)(H,65,79)(H,66,83)(H,67,84)(H,68,82)(H,69,80)(H,72,73)(H,74,75)(H,85,86)/t30-,33+,34+,35+,36+,37+,38+,39+,40+,44+,45+/m1/s1. The average molecular weight is 1280 g/mol. The van der Waals surface area contributed by atoms with Gasteiger partial charge in [0.2, 0.25) is 59.1 Å². The average Bonchev–Trinajstić information content (AvgIpc) is 4.10. The molecule has 19 N–H and O–H groups in total. The number of hydrogen-bond acceptors (Lipinski definition) is 19. The molecule has 0 saturated carbocycles. The molecule has 2 rings (SSSR count). The summed E-state index contributed by atoms with van der Waals surface area (Å²) >= 11 is 5.24. The maximum absolute atomic E-state index is 14.4. The number of amides is 10. The third kappa shape index (κ3) is 28.3. The van der Waals surface area contributed by atoms with Crippen LogP contribution in [0.3, 0.4) is 0 Å². The van der Waals surface area contributed by atoms with Gasteiger partial charge in [0.05, 0.1) is 31.4 Å². The second-order valence-electron chi connectivity index (χ2n) is 21.5. The highest BCUT2D eigenvalue weighted by atomic mass is 32.2. The number of thioether (sulfide) groups is 1. The van der Waals surface area contributed by atoms with E-state index in [0.29, 0.717) is 29.9 Å². The van der Waals surface area contributed by atoms with Gasteiger partial charge in [-0.3, -0.25) is 57.5 Å². The van der Waals surface area contributed by atoms with E-state index >= 15 is 0 Å². The van der Waals surface area contributed by atoms with Crippen molar-refractivity contribution in [3.05, 3.63) is 54.1 Å². The molecule has 0 aliphatic rings. The number of aromatic amines is 1. The third-order valence-electron chi connectivity index (χ3n) is 13.3. The van der Waals surface area contributed by atoms with Crippen molar-refractivity contribution in [2.45, 2.75) is 165 Å². The summed E-state index contributed by atoms with van der Waals surface area (Å²) in [6, 6.07) is -6.14. The summed E-state index contributed by atoms with van der Waals surface area (Å²) in [6.07, 6.45) is 1.27. The van der Waals surface area contributed by atoms with Gasteiger partial charge in [-0.15, -0.1) is 0 Å². The van der Waals surface area contributed by atoms with Gasteiger partial charge in [0.1, 0.15) is 54.4 Å². The van der Waals surface area contributed by atoms with Crippen LogP contribution in [0.25, 0.3) is 0 Å². The van der Waals surface area contributed by atoms with Crippen LogP contribution in [0.2, 0.25) is 0 Å². The molecule has 1 aromatic carbocycles. The minimum atomic E-state index is -1.64. The maximum Gasteiger partial charge on any atom is 0.327 e. The molecule has 0 radical (unpaired) electrons. The molecule has 490 valence electrons. The van der Waals surface area contributed by atoms with Crippen LogP contribution in [0.15, 0.2) is 42.9 Å². The van der Waals surface area contributed by atoms with Crippen LogP contribution < -0.4 is 64.6 Å². The Morgan fingerprint density at radius 2 is 1.12 bits per heavy atom. The highest BCUT2D eigenvalue weighted by Gasteiger charge is 2.37. The molecule has 0 saturated heterocycles. The first kappa shape index (κ1) is 76.2. The molecule has 88 heavy (non-hydrogen) atoms. The third-order valence-corrected chi connectivity index (χ3v) is 14.3. The van der Waals surface area contributed by atoms with Gasteiger partial charge < -0.3 is 90.0 Å². The fourth-order valence-corrected chi connectivity index (χ4v) is 9.18. The van der Waals surface area contributed by atoms with Gasteiger partial charge in [-0.05, 0) is 81.4 Å². The lowest BCUT2D eigenvalue weighted by Crippen LogP contribution is -2.61. The number of nitrogens with one attached hydrogen (secondary N) is 11. The zero-order valence-corrected chi connectivity index (χ0v) is 51.7. The lowest BCUT2D eigenvalue weighted by molar-refractivity contribution is -0.142.